The van der Waals surface area contributed by atoms with Gasteiger partial charge < -0.3 is 14.8 Å². The lowest BCUT2D eigenvalue weighted by atomic mass is 9.91. The molecule has 0 fully saturated rings. The lowest BCUT2D eigenvalue weighted by Gasteiger charge is -2.25. The van der Waals surface area contributed by atoms with Crippen molar-refractivity contribution in [2.75, 3.05) is 0 Å². The number of carbonyl (C=O) groups excluding carboxylic acids is 3. The molecule has 0 spiro atoms. The van der Waals surface area contributed by atoms with Crippen LogP contribution in [0.3, 0.4) is 0 Å². The number of nitrogens with one attached hydrogen (secondary N) is 1. The highest BCUT2D eigenvalue weighted by Gasteiger charge is 2.28. The van der Waals surface area contributed by atoms with E-state index in [1.807, 2.05) is 30.3 Å². The van der Waals surface area contributed by atoms with E-state index in [2.05, 4.69) is 5.32 Å². The maximum atomic E-state index is 12.2. The predicted molar refractivity (Wildman–Crippen MR) is 98.7 cm³/mol. The molecule has 0 saturated carbocycles. The number of esters is 1. The number of ether oxygens (including phenoxy) is 2. The van der Waals surface area contributed by atoms with Crippen LogP contribution < -0.4 is 5.32 Å². The minimum absolute atomic E-state index is 0.0538. The van der Waals surface area contributed by atoms with E-state index >= 15 is 0 Å². The Morgan fingerprint density at radius 2 is 1.65 bits per heavy atom. The van der Waals surface area contributed by atoms with Crippen molar-refractivity contribution in [3.8, 4) is 0 Å². The van der Waals surface area contributed by atoms with Crippen LogP contribution in [0.5, 0.6) is 0 Å². The van der Waals surface area contributed by atoms with Gasteiger partial charge in [-0.1, -0.05) is 30.3 Å². The second kappa shape index (κ2) is 9.36. The van der Waals surface area contributed by atoms with E-state index in [-0.39, 0.29) is 5.78 Å². The Hall–Kier alpha value is -2.37. The molecule has 144 valence electrons. The number of hydrogen-bond donors (Lipinski definition) is 1. The van der Waals surface area contributed by atoms with Gasteiger partial charge in [-0.2, -0.15) is 0 Å². The molecule has 6 nitrogen and oxygen atoms in total. The van der Waals surface area contributed by atoms with Gasteiger partial charge >= 0.3 is 12.1 Å². The highest BCUT2D eigenvalue weighted by molar-refractivity contribution is 5.82. The summed E-state index contributed by atoms with van der Waals surface area (Å²) in [7, 11) is 0. The standard InChI is InChI=1S/C20H29NO5/c1-13(21-19(24)26-20(4,5)6)18(23)25-15(3)17(14(2)22)12-16-10-8-7-9-11-16/h7-11,13,15,17H,12H2,1-6H3,(H,21,24)/t13?,15-,17+/m0/s1. The van der Waals surface area contributed by atoms with Crippen LogP contribution in [-0.4, -0.2) is 35.6 Å². The molecule has 0 saturated heterocycles. The molecule has 3 atom stereocenters. The fourth-order valence-corrected chi connectivity index (χ4v) is 2.42. The highest BCUT2D eigenvalue weighted by atomic mass is 16.6. The van der Waals surface area contributed by atoms with Crippen molar-refractivity contribution in [2.24, 2.45) is 5.92 Å². The van der Waals surface area contributed by atoms with E-state index in [0.29, 0.717) is 6.42 Å². The van der Waals surface area contributed by atoms with Gasteiger partial charge in [0.05, 0.1) is 5.92 Å². The number of ketones is 1. The van der Waals surface area contributed by atoms with Gasteiger partial charge in [0.2, 0.25) is 0 Å². The molecule has 1 aromatic rings. The normalized spacial score (nSPS) is 14.7. The molecule has 0 aromatic heterocycles. The quantitative estimate of drug-likeness (QED) is 0.752. The summed E-state index contributed by atoms with van der Waals surface area (Å²) in [6, 6.07) is 8.68. The number of Topliss-reactive ketones (excluding diaryl/α,β-unsaturated/α-hetero) is 1. The summed E-state index contributed by atoms with van der Waals surface area (Å²) in [5, 5.41) is 2.44. The molecule has 6 heteroatoms. The molecule has 0 heterocycles. The number of benzene rings is 1. The van der Waals surface area contributed by atoms with Crippen molar-refractivity contribution < 1.29 is 23.9 Å². The topological polar surface area (TPSA) is 81.7 Å². The lowest BCUT2D eigenvalue weighted by molar-refractivity contribution is -0.154. The van der Waals surface area contributed by atoms with E-state index < -0.39 is 35.7 Å². The molecule has 0 aliphatic heterocycles. The first-order valence-corrected chi connectivity index (χ1v) is 8.74. The van der Waals surface area contributed by atoms with Crippen molar-refractivity contribution in [1.82, 2.24) is 5.32 Å². The number of rotatable bonds is 7. The van der Waals surface area contributed by atoms with E-state index in [9.17, 15) is 14.4 Å². The highest BCUT2D eigenvalue weighted by Crippen LogP contribution is 2.17. The largest absolute Gasteiger partial charge is 0.460 e. The van der Waals surface area contributed by atoms with Gasteiger partial charge in [0.1, 0.15) is 23.5 Å². The zero-order chi connectivity index (χ0) is 19.9. The van der Waals surface area contributed by atoms with E-state index in [0.717, 1.165) is 5.56 Å². The van der Waals surface area contributed by atoms with Gasteiger partial charge in [0.15, 0.2) is 0 Å². The molecule has 0 aliphatic rings. The van der Waals surface area contributed by atoms with Crippen molar-refractivity contribution in [3.63, 3.8) is 0 Å². The summed E-state index contributed by atoms with van der Waals surface area (Å²) in [5.41, 5.74) is 0.340. The molecule has 0 bridgehead atoms. The van der Waals surface area contributed by atoms with Gasteiger partial charge in [-0.3, -0.25) is 4.79 Å². The molecular formula is C20H29NO5. The zero-order valence-corrected chi connectivity index (χ0v) is 16.4. The second-order valence-electron chi connectivity index (χ2n) is 7.42. The third-order valence-electron chi connectivity index (χ3n) is 3.78. The Morgan fingerprint density at radius 3 is 2.15 bits per heavy atom. The molecular weight excluding hydrogens is 334 g/mol. The predicted octanol–water partition coefficient (Wildman–Crippen LogP) is 3.28. The monoisotopic (exact) mass is 363 g/mol. The minimum Gasteiger partial charge on any atom is -0.460 e. The van der Waals surface area contributed by atoms with Crippen LogP contribution in [0.15, 0.2) is 30.3 Å². The van der Waals surface area contributed by atoms with Crippen LogP contribution in [-0.2, 0) is 25.5 Å². The second-order valence-corrected chi connectivity index (χ2v) is 7.42. The summed E-state index contributed by atoms with van der Waals surface area (Å²) in [6.45, 7) is 9.89. The number of hydrogen-bond acceptors (Lipinski definition) is 5. The molecule has 0 aliphatic carbocycles. The van der Waals surface area contributed by atoms with Crippen molar-refractivity contribution >= 4 is 17.8 Å². The summed E-state index contributed by atoms with van der Waals surface area (Å²) >= 11 is 0. The van der Waals surface area contributed by atoms with Crippen LogP contribution in [0.2, 0.25) is 0 Å². The summed E-state index contributed by atoms with van der Waals surface area (Å²) in [5.74, 6) is -1.11. The third-order valence-corrected chi connectivity index (χ3v) is 3.78. The fourth-order valence-electron chi connectivity index (χ4n) is 2.42. The van der Waals surface area contributed by atoms with Gasteiger partial charge in [-0.25, -0.2) is 9.59 Å². The third kappa shape index (κ3) is 7.68. The summed E-state index contributed by atoms with van der Waals surface area (Å²) in [4.78, 5) is 36.0. The van der Waals surface area contributed by atoms with Crippen molar-refractivity contribution in [2.45, 2.75) is 65.7 Å². The molecule has 1 N–H and O–H groups in total. The van der Waals surface area contributed by atoms with Gasteiger partial charge in [-0.15, -0.1) is 0 Å². The zero-order valence-electron chi connectivity index (χ0n) is 16.4. The van der Waals surface area contributed by atoms with Crippen LogP contribution >= 0.6 is 0 Å². The first kappa shape index (κ1) is 21.7. The molecule has 1 amide bonds. The lowest BCUT2D eigenvalue weighted by Crippen LogP contribution is -2.44. The average Bonchev–Trinajstić information content (AvgIpc) is 2.51. The van der Waals surface area contributed by atoms with Crippen LogP contribution in [0.25, 0.3) is 0 Å². The Morgan fingerprint density at radius 1 is 1.08 bits per heavy atom. The molecule has 1 unspecified atom stereocenters. The Labute approximate surface area is 155 Å². The van der Waals surface area contributed by atoms with Gasteiger partial charge in [0, 0.05) is 0 Å². The SMILES string of the molecule is CC(=O)[C@@H](Cc1ccccc1)[C@H](C)OC(=O)C(C)NC(=O)OC(C)(C)C. The van der Waals surface area contributed by atoms with Gasteiger partial charge in [0.25, 0.3) is 0 Å². The maximum absolute atomic E-state index is 12.2. The van der Waals surface area contributed by atoms with E-state index in [1.165, 1.54) is 13.8 Å². The minimum atomic E-state index is -0.878. The summed E-state index contributed by atoms with van der Waals surface area (Å²) < 4.78 is 10.5. The van der Waals surface area contributed by atoms with Crippen molar-refractivity contribution in [1.29, 1.82) is 0 Å². The average molecular weight is 363 g/mol. The Kier molecular flexibility index (Phi) is 7.80. The first-order valence-electron chi connectivity index (χ1n) is 8.74. The number of alkyl carbamates (subject to hydrolysis) is 1. The Balaban J connectivity index is 2.64. The summed E-state index contributed by atoms with van der Waals surface area (Å²) in [6.07, 6.45) is -0.816. The number of amides is 1. The molecule has 1 aromatic carbocycles. The maximum Gasteiger partial charge on any atom is 0.408 e. The smallest absolute Gasteiger partial charge is 0.408 e. The van der Waals surface area contributed by atoms with Crippen LogP contribution in [0.4, 0.5) is 4.79 Å². The molecule has 26 heavy (non-hydrogen) atoms. The van der Waals surface area contributed by atoms with Crippen molar-refractivity contribution in [3.05, 3.63) is 35.9 Å². The Bertz CT molecular complexity index is 621. The van der Waals surface area contributed by atoms with Crippen LogP contribution in [0, 0.1) is 5.92 Å². The van der Waals surface area contributed by atoms with E-state index in [4.69, 9.17) is 9.47 Å². The molecule has 1 rings (SSSR count). The fraction of sp³-hybridized carbons (Fsp3) is 0.550. The van der Waals surface area contributed by atoms with E-state index in [1.54, 1.807) is 27.7 Å². The first-order chi connectivity index (χ1) is 12.0. The number of carbonyl (C=O) groups is 3. The van der Waals surface area contributed by atoms with Crippen LogP contribution in [0.1, 0.15) is 47.1 Å². The van der Waals surface area contributed by atoms with Gasteiger partial charge in [-0.05, 0) is 53.5 Å². The molecule has 0 radical (unpaired) electrons.